The molecule has 2 fully saturated rings. The lowest BCUT2D eigenvalue weighted by Crippen LogP contribution is -2.43. The summed E-state index contributed by atoms with van der Waals surface area (Å²) in [5, 5.41) is 14.3. The summed E-state index contributed by atoms with van der Waals surface area (Å²) >= 11 is 0. The van der Waals surface area contributed by atoms with E-state index in [0.717, 1.165) is 60.9 Å². The monoisotopic (exact) mass is 591 g/mol. The first-order valence-electron chi connectivity index (χ1n) is 14.7. The van der Waals surface area contributed by atoms with Crippen molar-refractivity contribution in [2.75, 3.05) is 60.8 Å². The van der Waals surface area contributed by atoms with Crippen molar-refractivity contribution in [3.63, 3.8) is 0 Å². The van der Waals surface area contributed by atoms with Crippen LogP contribution in [0.1, 0.15) is 40.2 Å². The van der Waals surface area contributed by atoms with Crippen LogP contribution in [0.5, 0.6) is 28.7 Å². The van der Waals surface area contributed by atoms with E-state index < -0.39 is 5.92 Å². The van der Waals surface area contributed by atoms with E-state index in [1.54, 1.807) is 12.1 Å². The highest BCUT2D eigenvalue weighted by Gasteiger charge is 2.52. The summed E-state index contributed by atoms with van der Waals surface area (Å²) in [6, 6.07) is 11.4. The first-order chi connectivity index (χ1) is 20.9. The zero-order chi connectivity index (χ0) is 29.7. The highest BCUT2D eigenvalue weighted by atomic mass is 16.7. The molecule has 0 unspecified atom stereocenters. The van der Waals surface area contributed by atoms with Gasteiger partial charge in [-0.1, -0.05) is 0 Å². The van der Waals surface area contributed by atoms with Crippen molar-refractivity contribution in [1.29, 1.82) is 0 Å². The number of benzene rings is 2. The van der Waals surface area contributed by atoms with Gasteiger partial charge in [-0.05, 0) is 60.1 Å². The molecule has 0 saturated carbocycles. The Labute approximate surface area is 250 Å². The predicted molar refractivity (Wildman–Crippen MR) is 155 cm³/mol. The molecular weight excluding hydrogens is 554 g/mol. The molecule has 4 atom stereocenters. The van der Waals surface area contributed by atoms with E-state index in [-0.39, 0.29) is 54.5 Å². The van der Waals surface area contributed by atoms with Crippen LogP contribution in [0.25, 0.3) is 0 Å². The molecule has 43 heavy (non-hydrogen) atoms. The van der Waals surface area contributed by atoms with Crippen LogP contribution in [0.3, 0.4) is 0 Å². The Morgan fingerprint density at radius 1 is 0.930 bits per heavy atom. The summed E-state index contributed by atoms with van der Waals surface area (Å²) in [5.41, 5.74) is 2.70. The summed E-state index contributed by atoms with van der Waals surface area (Å²) < 4.78 is 34.4. The number of likely N-dealkylation sites (N-methyl/N-ethyl adjacent to an activating group) is 1. The van der Waals surface area contributed by atoms with Gasteiger partial charge in [0.2, 0.25) is 12.5 Å². The second-order valence-electron chi connectivity index (χ2n) is 11.7. The Balaban J connectivity index is 1.21. The predicted octanol–water partition coefficient (Wildman–Crippen LogP) is 3.24. The van der Waals surface area contributed by atoms with Crippen LogP contribution in [0.2, 0.25) is 0 Å². The molecule has 11 heteroatoms. The van der Waals surface area contributed by atoms with Gasteiger partial charge in [-0.25, -0.2) is 0 Å². The Morgan fingerprint density at radius 3 is 2.30 bits per heavy atom. The van der Waals surface area contributed by atoms with Gasteiger partial charge < -0.3 is 43.4 Å². The van der Waals surface area contributed by atoms with Gasteiger partial charge in [-0.3, -0.25) is 9.69 Å². The number of fused-ring (bicyclic) bond motifs is 3. The summed E-state index contributed by atoms with van der Waals surface area (Å²) in [7, 11) is 5.13. The molecule has 2 saturated heterocycles. The molecule has 0 radical (unpaired) electrons. The van der Waals surface area contributed by atoms with Gasteiger partial charge in [0.15, 0.2) is 23.0 Å². The van der Waals surface area contributed by atoms with Crippen molar-refractivity contribution >= 4 is 5.97 Å². The van der Waals surface area contributed by atoms with E-state index in [2.05, 4.69) is 28.2 Å². The number of nitrogens with zero attached hydrogens (tertiary/aromatic N) is 2. The fourth-order valence-corrected chi connectivity index (χ4v) is 6.96. The maximum absolute atomic E-state index is 13.4. The summed E-state index contributed by atoms with van der Waals surface area (Å²) in [5.74, 6) is 2.24. The number of piperazine rings is 1. The van der Waals surface area contributed by atoms with Crippen molar-refractivity contribution in [2.45, 2.75) is 25.0 Å². The van der Waals surface area contributed by atoms with Gasteiger partial charge in [0, 0.05) is 44.1 Å². The highest BCUT2D eigenvalue weighted by molar-refractivity contribution is 5.79. The van der Waals surface area contributed by atoms with E-state index in [1.165, 1.54) is 14.2 Å². The molecular formula is C32H37N3O8. The molecule has 11 nitrogen and oxygen atoms in total. The third kappa shape index (κ3) is 5.05. The number of hydrogen-bond donors (Lipinski definition) is 2. The van der Waals surface area contributed by atoms with Crippen molar-refractivity contribution in [3.8, 4) is 28.7 Å². The number of nitrogens with one attached hydrogen (secondary N) is 1. The number of carbonyl (C=O) groups is 1. The fraction of sp³-hybridized carbons (Fsp3) is 0.469. The van der Waals surface area contributed by atoms with Crippen LogP contribution in [-0.4, -0.2) is 81.7 Å². The van der Waals surface area contributed by atoms with Gasteiger partial charge in [-0.2, -0.15) is 0 Å². The molecule has 1 aliphatic carbocycles. The molecule has 0 bridgehead atoms. The van der Waals surface area contributed by atoms with E-state index in [0.29, 0.717) is 18.0 Å². The van der Waals surface area contributed by atoms with Crippen molar-refractivity contribution in [3.05, 3.63) is 64.6 Å². The molecule has 3 aliphatic heterocycles. The lowest BCUT2D eigenvalue weighted by Gasteiger charge is -2.39. The first-order valence-corrected chi connectivity index (χ1v) is 14.7. The molecule has 4 aliphatic rings. The Kier molecular flexibility index (Phi) is 7.32. The standard InChI is InChI=1S/C32H37N3O8/c1-34-6-8-35(9-7-34)15-20-5-4-19(43-20)14-33-30-22-13-25-24(41-17-42-25)12-21(22)28(29-23(30)16-40-32(29)37)18-10-26(38-2)31(36)27(11-18)39-3/h4-5,10-13,23,28-30,33,36H,6-9,14-17H2,1-3H3/t23-,28+,29-,30+/m0/s1. The summed E-state index contributed by atoms with van der Waals surface area (Å²) in [6.45, 7) is 5.87. The van der Waals surface area contributed by atoms with Gasteiger partial charge in [0.05, 0.1) is 39.8 Å². The summed E-state index contributed by atoms with van der Waals surface area (Å²) in [4.78, 5) is 18.2. The van der Waals surface area contributed by atoms with Crippen LogP contribution < -0.4 is 24.3 Å². The molecule has 228 valence electrons. The number of phenolic OH excluding ortho intramolecular Hbond substituents is 1. The number of phenols is 1. The quantitative estimate of drug-likeness (QED) is 0.376. The zero-order valence-electron chi connectivity index (χ0n) is 24.6. The van der Waals surface area contributed by atoms with E-state index in [1.807, 2.05) is 18.2 Å². The lowest BCUT2D eigenvalue weighted by atomic mass is 9.65. The molecule has 2 aromatic carbocycles. The lowest BCUT2D eigenvalue weighted by molar-refractivity contribution is -0.141. The smallest absolute Gasteiger partial charge is 0.310 e. The number of methoxy groups -OCH3 is 2. The second-order valence-corrected chi connectivity index (χ2v) is 11.7. The average Bonchev–Trinajstić information content (AvgIpc) is 3.76. The number of esters is 1. The molecule has 0 spiro atoms. The fourth-order valence-electron chi connectivity index (χ4n) is 6.96. The van der Waals surface area contributed by atoms with Gasteiger partial charge >= 0.3 is 5.97 Å². The maximum Gasteiger partial charge on any atom is 0.310 e. The third-order valence-electron chi connectivity index (χ3n) is 9.24. The second kappa shape index (κ2) is 11.3. The maximum atomic E-state index is 13.4. The highest BCUT2D eigenvalue weighted by Crippen LogP contribution is 2.55. The van der Waals surface area contributed by atoms with Gasteiger partial charge in [0.1, 0.15) is 11.5 Å². The Bertz CT molecular complexity index is 1490. The Morgan fingerprint density at radius 2 is 1.60 bits per heavy atom. The van der Waals surface area contributed by atoms with Crippen LogP contribution in [0.4, 0.5) is 0 Å². The first kappa shape index (κ1) is 27.9. The van der Waals surface area contributed by atoms with Crippen LogP contribution in [0.15, 0.2) is 40.8 Å². The zero-order valence-corrected chi connectivity index (χ0v) is 24.6. The van der Waals surface area contributed by atoms with Gasteiger partial charge in [-0.15, -0.1) is 0 Å². The molecule has 7 rings (SSSR count). The minimum Gasteiger partial charge on any atom is -0.502 e. The molecule has 2 N–H and O–H groups in total. The van der Waals surface area contributed by atoms with Crippen LogP contribution >= 0.6 is 0 Å². The number of hydrogen-bond acceptors (Lipinski definition) is 11. The number of rotatable bonds is 8. The van der Waals surface area contributed by atoms with E-state index >= 15 is 0 Å². The minimum atomic E-state index is -0.478. The van der Waals surface area contributed by atoms with E-state index in [4.69, 9.17) is 28.1 Å². The van der Waals surface area contributed by atoms with Crippen LogP contribution in [0, 0.1) is 11.8 Å². The topological polar surface area (TPSA) is 115 Å². The third-order valence-corrected chi connectivity index (χ3v) is 9.24. The van der Waals surface area contributed by atoms with Gasteiger partial charge in [0.25, 0.3) is 0 Å². The van der Waals surface area contributed by atoms with Crippen molar-refractivity contribution in [2.24, 2.45) is 11.8 Å². The minimum absolute atomic E-state index is 0.0917. The number of carbonyl (C=O) groups excluding carboxylic acids is 1. The number of furan rings is 1. The van der Waals surface area contributed by atoms with Crippen LogP contribution in [-0.2, 0) is 22.6 Å². The summed E-state index contributed by atoms with van der Waals surface area (Å²) in [6.07, 6.45) is 0. The molecule has 0 amide bonds. The number of aromatic hydroxyl groups is 1. The number of cyclic esters (lactones) is 1. The largest absolute Gasteiger partial charge is 0.502 e. The number of ether oxygens (including phenoxy) is 5. The molecule has 4 heterocycles. The van der Waals surface area contributed by atoms with E-state index in [9.17, 15) is 9.90 Å². The molecule has 1 aromatic heterocycles. The van der Waals surface area contributed by atoms with Crippen molar-refractivity contribution in [1.82, 2.24) is 15.1 Å². The SMILES string of the molecule is COc1cc([C@@H]2c3cc4c(cc3[C@@H](NCc3ccc(CN5CCN(C)CC5)o3)[C@H]3COC(=O)[C@H]23)OCO4)cc(OC)c1O. The normalized spacial score (nSPS) is 24.9. The Hall–Kier alpha value is -3.93. The van der Waals surface area contributed by atoms with Crippen molar-refractivity contribution < 1.29 is 38.0 Å². The molecule has 3 aromatic rings. The average molecular weight is 592 g/mol.